The van der Waals surface area contributed by atoms with Gasteiger partial charge in [-0.15, -0.1) is 11.3 Å². The van der Waals surface area contributed by atoms with Gasteiger partial charge in [-0.3, -0.25) is 14.8 Å². The van der Waals surface area contributed by atoms with Crippen molar-refractivity contribution in [2.24, 2.45) is 0 Å². The fourth-order valence-corrected chi connectivity index (χ4v) is 9.28. The molecule has 3 aromatic heterocycles. The highest BCUT2D eigenvalue weighted by atomic mass is 35.5. The van der Waals surface area contributed by atoms with Crippen LogP contribution in [0.3, 0.4) is 0 Å². The molecule has 0 spiro atoms. The summed E-state index contributed by atoms with van der Waals surface area (Å²) in [6.45, 7) is 3.66. The van der Waals surface area contributed by atoms with Crippen LogP contribution in [0, 0.1) is 0 Å². The number of piperidine rings is 2. The number of fused-ring (bicyclic) bond motifs is 4. The first kappa shape index (κ1) is 35.0. The Labute approximate surface area is 320 Å². The van der Waals surface area contributed by atoms with Crippen LogP contribution in [-0.4, -0.2) is 47.0 Å². The molecule has 0 unspecified atom stereocenters. The van der Waals surface area contributed by atoms with Gasteiger partial charge in [0.05, 0.1) is 17.8 Å². The number of benzene rings is 2. The number of amides is 1. The van der Waals surface area contributed by atoms with E-state index in [0.717, 1.165) is 98.2 Å². The van der Waals surface area contributed by atoms with Crippen molar-refractivity contribution in [2.75, 3.05) is 26.2 Å². The molecule has 0 saturated carbocycles. The lowest BCUT2D eigenvalue weighted by Gasteiger charge is -2.30. The topological polar surface area (TPSA) is 58.1 Å². The number of aromatic nitrogens is 2. The van der Waals surface area contributed by atoms with E-state index < -0.39 is 0 Å². The zero-order valence-electron chi connectivity index (χ0n) is 29.3. The van der Waals surface area contributed by atoms with Gasteiger partial charge in [0.1, 0.15) is 0 Å². The number of nitrogens with zero attached hydrogens (tertiary/aromatic N) is 3. The minimum absolute atomic E-state index is 0.230. The molecule has 5 aromatic rings. The molecule has 9 rings (SSSR count). The van der Waals surface area contributed by atoms with E-state index in [-0.39, 0.29) is 5.91 Å². The van der Waals surface area contributed by atoms with Crippen LogP contribution in [0.15, 0.2) is 102 Å². The van der Waals surface area contributed by atoms with E-state index in [1.54, 1.807) is 11.3 Å². The Morgan fingerprint density at radius 1 is 0.654 bits per heavy atom. The van der Waals surface area contributed by atoms with E-state index in [1.807, 2.05) is 59.1 Å². The first-order chi connectivity index (χ1) is 25.5. The standard InChI is InChI=1S/C25H23ClN2OS.C19H19ClN2/c26-20-7-8-22-19(15-20)6-5-18-3-1-11-27-25(18)24(22)17-9-12-28(13-10-17)23(29)16-21-4-2-14-30-21;20-16-5-6-17-15(12-16)4-3-14-2-1-9-22-19(14)18(17)13-7-10-21-11-8-13/h1-4,7-8,11,14-15H,5-6,9-10,12-13,16H2;1-2,5-6,9,12,21H,3-4,7-8,10-11H2. The molecule has 1 amide bonds. The van der Waals surface area contributed by atoms with Crippen LogP contribution in [0.1, 0.15) is 75.3 Å². The van der Waals surface area contributed by atoms with Crippen molar-refractivity contribution in [3.63, 3.8) is 0 Å². The molecule has 2 fully saturated rings. The molecule has 5 heterocycles. The van der Waals surface area contributed by atoms with Gasteiger partial charge in [0.15, 0.2) is 0 Å². The number of halogens is 2. The van der Waals surface area contributed by atoms with Crippen molar-refractivity contribution >= 4 is 51.6 Å². The zero-order valence-corrected chi connectivity index (χ0v) is 31.6. The lowest BCUT2D eigenvalue weighted by Crippen LogP contribution is -2.37. The number of hydrogen-bond donors (Lipinski definition) is 1. The Bertz CT molecular complexity index is 2150. The van der Waals surface area contributed by atoms with Crippen LogP contribution in [0.5, 0.6) is 0 Å². The summed E-state index contributed by atoms with van der Waals surface area (Å²) in [5.74, 6) is 0.230. The number of aryl methyl sites for hydroxylation is 4. The van der Waals surface area contributed by atoms with Gasteiger partial charge in [-0.05, 0) is 146 Å². The summed E-state index contributed by atoms with van der Waals surface area (Å²) >= 11 is 14.2. The van der Waals surface area contributed by atoms with E-state index in [0.29, 0.717) is 6.42 Å². The molecule has 4 aliphatic rings. The summed E-state index contributed by atoms with van der Waals surface area (Å²) in [5.41, 5.74) is 15.7. The van der Waals surface area contributed by atoms with E-state index in [9.17, 15) is 4.79 Å². The summed E-state index contributed by atoms with van der Waals surface area (Å²) in [6, 6.07) is 25.1. The quantitative estimate of drug-likeness (QED) is 0.196. The maximum Gasteiger partial charge on any atom is 0.227 e. The van der Waals surface area contributed by atoms with Gasteiger partial charge < -0.3 is 10.2 Å². The van der Waals surface area contributed by atoms with Gasteiger partial charge in [-0.25, -0.2) is 0 Å². The Morgan fingerprint density at radius 3 is 1.73 bits per heavy atom. The number of hydrogen-bond acceptors (Lipinski definition) is 5. The molecule has 2 aliphatic heterocycles. The van der Waals surface area contributed by atoms with Crippen molar-refractivity contribution in [2.45, 2.75) is 57.8 Å². The first-order valence-electron chi connectivity index (χ1n) is 18.4. The van der Waals surface area contributed by atoms with Crippen LogP contribution in [0.2, 0.25) is 10.0 Å². The predicted octanol–water partition coefficient (Wildman–Crippen LogP) is 9.58. The lowest BCUT2D eigenvalue weighted by molar-refractivity contribution is -0.130. The zero-order chi connectivity index (χ0) is 35.4. The maximum atomic E-state index is 12.7. The summed E-state index contributed by atoms with van der Waals surface area (Å²) in [4.78, 5) is 25.4. The minimum atomic E-state index is 0.230. The van der Waals surface area contributed by atoms with Crippen LogP contribution in [-0.2, 0) is 36.9 Å². The molecule has 8 heteroatoms. The Hall–Kier alpha value is -4.07. The van der Waals surface area contributed by atoms with Crippen molar-refractivity contribution in [3.8, 4) is 0 Å². The molecule has 52 heavy (non-hydrogen) atoms. The maximum absolute atomic E-state index is 12.7. The highest BCUT2D eigenvalue weighted by molar-refractivity contribution is 7.10. The summed E-state index contributed by atoms with van der Waals surface area (Å²) in [6.07, 6.45) is 12.3. The molecule has 264 valence electrons. The number of nitrogens with one attached hydrogen (secondary N) is 1. The second-order valence-electron chi connectivity index (χ2n) is 14.0. The molecule has 0 radical (unpaired) electrons. The van der Waals surface area contributed by atoms with Crippen LogP contribution < -0.4 is 5.32 Å². The number of carbonyl (C=O) groups excluding carboxylic acids is 1. The number of rotatable bonds is 2. The third kappa shape index (κ3) is 7.53. The van der Waals surface area contributed by atoms with Crippen molar-refractivity contribution in [1.29, 1.82) is 0 Å². The Morgan fingerprint density at radius 2 is 1.19 bits per heavy atom. The van der Waals surface area contributed by atoms with Gasteiger partial charge in [0.2, 0.25) is 5.91 Å². The number of likely N-dealkylation sites (tertiary alicyclic amines) is 1. The minimum Gasteiger partial charge on any atom is -0.342 e. The van der Waals surface area contributed by atoms with E-state index in [2.05, 4.69) is 41.7 Å². The third-order valence-corrected chi connectivity index (χ3v) is 12.1. The fraction of sp³-hybridized carbons (Fsp3) is 0.295. The predicted molar refractivity (Wildman–Crippen MR) is 214 cm³/mol. The number of thiophene rings is 1. The van der Waals surface area contributed by atoms with E-state index in [1.165, 1.54) is 61.4 Å². The van der Waals surface area contributed by atoms with Gasteiger partial charge in [0.25, 0.3) is 0 Å². The monoisotopic (exact) mass is 744 g/mol. The smallest absolute Gasteiger partial charge is 0.227 e. The summed E-state index contributed by atoms with van der Waals surface area (Å²) < 4.78 is 0. The molecule has 0 atom stereocenters. The molecule has 0 bridgehead atoms. The van der Waals surface area contributed by atoms with Crippen molar-refractivity contribution in [3.05, 3.63) is 161 Å². The first-order valence-corrected chi connectivity index (χ1v) is 20.1. The van der Waals surface area contributed by atoms with Gasteiger partial charge in [-0.1, -0.05) is 64.7 Å². The van der Waals surface area contributed by atoms with Gasteiger partial charge >= 0.3 is 0 Å². The van der Waals surface area contributed by atoms with Crippen molar-refractivity contribution in [1.82, 2.24) is 20.2 Å². The molecule has 1 N–H and O–H groups in total. The molecular formula is C44H42Cl2N4OS. The molecule has 5 nitrogen and oxygen atoms in total. The summed E-state index contributed by atoms with van der Waals surface area (Å²) in [5, 5.41) is 7.09. The highest BCUT2D eigenvalue weighted by Gasteiger charge is 2.27. The molecular weight excluding hydrogens is 703 g/mol. The van der Waals surface area contributed by atoms with Crippen LogP contribution >= 0.6 is 34.5 Å². The average molecular weight is 746 g/mol. The molecule has 2 saturated heterocycles. The van der Waals surface area contributed by atoms with Gasteiger partial charge in [0, 0.05) is 51.6 Å². The Balaban J connectivity index is 0.000000156. The molecule has 2 aromatic carbocycles. The highest BCUT2D eigenvalue weighted by Crippen LogP contribution is 2.40. The SMILES string of the molecule is Clc1ccc2c(c1)CCc1cccnc1C2=C1CCNCC1.O=C(Cc1cccs1)N1CCC(=C2c3ccc(Cl)cc3CCc3cccnc32)CC1. The Kier molecular flexibility index (Phi) is 10.7. The van der Waals surface area contributed by atoms with Crippen molar-refractivity contribution < 1.29 is 4.79 Å². The summed E-state index contributed by atoms with van der Waals surface area (Å²) in [7, 11) is 0. The number of carbonyl (C=O) groups is 1. The third-order valence-electron chi connectivity index (χ3n) is 10.8. The molecule has 2 aliphatic carbocycles. The second-order valence-corrected chi connectivity index (χ2v) is 15.9. The largest absolute Gasteiger partial charge is 0.342 e. The van der Waals surface area contributed by atoms with E-state index >= 15 is 0 Å². The average Bonchev–Trinajstić information content (AvgIpc) is 3.56. The fourth-order valence-electron chi connectivity index (χ4n) is 8.20. The van der Waals surface area contributed by atoms with Gasteiger partial charge in [-0.2, -0.15) is 0 Å². The van der Waals surface area contributed by atoms with Crippen LogP contribution in [0.25, 0.3) is 11.1 Å². The lowest BCUT2D eigenvalue weighted by atomic mass is 9.88. The van der Waals surface area contributed by atoms with Crippen LogP contribution in [0.4, 0.5) is 0 Å². The number of pyridine rings is 2. The normalized spacial score (nSPS) is 16.8. The second kappa shape index (κ2) is 15.9. The van der Waals surface area contributed by atoms with E-state index in [4.69, 9.17) is 33.2 Å².